The van der Waals surface area contributed by atoms with Gasteiger partial charge in [-0.15, -0.1) is 0 Å². The summed E-state index contributed by atoms with van der Waals surface area (Å²) in [4.78, 5) is 4.57. The Bertz CT molecular complexity index is 618. The van der Waals surface area contributed by atoms with E-state index in [4.69, 9.17) is 10.3 Å². The molecule has 0 amide bonds. The molecular formula is C16H20BrN3O. The number of benzene rings is 1. The van der Waals surface area contributed by atoms with Crippen molar-refractivity contribution in [3.05, 3.63) is 28.5 Å². The number of nitrogen functional groups attached to an aromatic ring is 1. The molecule has 0 aliphatic heterocycles. The van der Waals surface area contributed by atoms with Crippen LogP contribution >= 0.6 is 15.9 Å². The van der Waals surface area contributed by atoms with Crippen molar-refractivity contribution in [3.8, 4) is 11.5 Å². The van der Waals surface area contributed by atoms with Gasteiger partial charge in [-0.05, 0) is 49.8 Å². The van der Waals surface area contributed by atoms with Gasteiger partial charge in [0.05, 0.1) is 5.56 Å². The molecule has 1 heterocycles. The first-order valence-corrected chi connectivity index (χ1v) is 8.35. The summed E-state index contributed by atoms with van der Waals surface area (Å²) in [6.45, 7) is 2.27. The maximum absolute atomic E-state index is 6.02. The van der Waals surface area contributed by atoms with Crippen molar-refractivity contribution in [2.75, 3.05) is 5.73 Å². The van der Waals surface area contributed by atoms with Crippen LogP contribution in [0.5, 0.6) is 0 Å². The maximum Gasteiger partial charge on any atom is 0.260 e. The summed E-state index contributed by atoms with van der Waals surface area (Å²) in [5.41, 5.74) is 7.47. The van der Waals surface area contributed by atoms with Crippen LogP contribution in [-0.2, 0) is 0 Å². The van der Waals surface area contributed by atoms with Crippen LogP contribution in [0.3, 0.4) is 0 Å². The summed E-state index contributed by atoms with van der Waals surface area (Å²) in [5, 5.41) is 4.18. The van der Waals surface area contributed by atoms with E-state index in [0.29, 0.717) is 17.5 Å². The highest BCUT2D eigenvalue weighted by Crippen LogP contribution is 2.37. The summed E-state index contributed by atoms with van der Waals surface area (Å²) < 4.78 is 6.37. The molecule has 21 heavy (non-hydrogen) atoms. The molecule has 112 valence electrons. The quantitative estimate of drug-likeness (QED) is 0.810. The molecule has 1 aromatic heterocycles. The average Bonchev–Trinajstić information content (AvgIpc) is 2.97. The van der Waals surface area contributed by atoms with E-state index in [1.165, 1.54) is 19.3 Å². The molecule has 0 radical (unpaired) electrons. The Morgan fingerprint density at radius 3 is 2.71 bits per heavy atom. The molecule has 1 saturated carbocycles. The molecule has 1 aliphatic rings. The lowest BCUT2D eigenvalue weighted by molar-refractivity contribution is 0.305. The number of aromatic nitrogens is 2. The maximum atomic E-state index is 6.02. The van der Waals surface area contributed by atoms with Crippen molar-refractivity contribution in [2.24, 2.45) is 5.92 Å². The Balaban J connectivity index is 1.77. The van der Waals surface area contributed by atoms with Gasteiger partial charge >= 0.3 is 0 Å². The molecule has 1 aliphatic carbocycles. The Hall–Kier alpha value is -1.36. The van der Waals surface area contributed by atoms with Crippen LogP contribution in [0, 0.1) is 5.92 Å². The minimum absolute atomic E-state index is 0.432. The highest BCUT2D eigenvalue weighted by molar-refractivity contribution is 9.10. The van der Waals surface area contributed by atoms with E-state index in [9.17, 15) is 0 Å². The second kappa shape index (κ2) is 6.18. The third-order valence-corrected chi connectivity index (χ3v) is 4.97. The second-order valence-corrected chi connectivity index (χ2v) is 6.73. The molecule has 3 rings (SSSR count). The van der Waals surface area contributed by atoms with E-state index in [2.05, 4.69) is 33.0 Å². The van der Waals surface area contributed by atoms with Crippen molar-refractivity contribution in [3.63, 3.8) is 0 Å². The van der Waals surface area contributed by atoms with Gasteiger partial charge in [0.2, 0.25) is 0 Å². The zero-order chi connectivity index (χ0) is 14.8. The predicted molar refractivity (Wildman–Crippen MR) is 86.8 cm³/mol. The molecular weight excluding hydrogens is 330 g/mol. The lowest BCUT2D eigenvalue weighted by Gasteiger charge is -2.25. The molecule has 0 bridgehead atoms. The van der Waals surface area contributed by atoms with E-state index in [1.807, 2.05) is 18.2 Å². The molecule has 2 N–H and O–H groups in total. The summed E-state index contributed by atoms with van der Waals surface area (Å²) in [7, 11) is 0. The van der Waals surface area contributed by atoms with Crippen LogP contribution < -0.4 is 5.73 Å². The van der Waals surface area contributed by atoms with Gasteiger partial charge in [0.25, 0.3) is 5.89 Å². The number of nitrogens with zero attached hydrogens (tertiary/aromatic N) is 2. The zero-order valence-corrected chi connectivity index (χ0v) is 13.8. The van der Waals surface area contributed by atoms with Gasteiger partial charge in [0, 0.05) is 16.1 Å². The molecule has 0 atom stereocenters. The van der Waals surface area contributed by atoms with Crippen LogP contribution in [0.15, 0.2) is 27.2 Å². The molecule has 0 saturated heterocycles. The first kappa shape index (κ1) is 14.6. The summed E-state index contributed by atoms with van der Waals surface area (Å²) in [5.74, 6) is 2.66. The summed E-state index contributed by atoms with van der Waals surface area (Å²) in [6.07, 6.45) is 6.14. The Morgan fingerprint density at radius 2 is 2.05 bits per heavy atom. The fourth-order valence-corrected chi connectivity index (χ4v) is 3.45. The first-order chi connectivity index (χ1) is 10.2. The molecule has 5 heteroatoms. The minimum atomic E-state index is 0.432. The fourth-order valence-electron chi connectivity index (χ4n) is 3.07. The summed E-state index contributed by atoms with van der Waals surface area (Å²) in [6, 6.07) is 5.69. The normalized spacial score (nSPS) is 22.4. The Morgan fingerprint density at radius 1 is 1.29 bits per heavy atom. The largest absolute Gasteiger partial charge is 0.398 e. The summed E-state index contributed by atoms with van der Waals surface area (Å²) >= 11 is 3.40. The van der Waals surface area contributed by atoms with E-state index < -0.39 is 0 Å². The highest BCUT2D eigenvalue weighted by atomic mass is 79.9. The minimum Gasteiger partial charge on any atom is -0.398 e. The highest BCUT2D eigenvalue weighted by Gasteiger charge is 2.25. The van der Waals surface area contributed by atoms with Crippen LogP contribution in [0.25, 0.3) is 11.5 Å². The van der Waals surface area contributed by atoms with Gasteiger partial charge < -0.3 is 10.3 Å². The van der Waals surface area contributed by atoms with Crippen LogP contribution in [0.1, 0.15) is 50.8 Å². The van der Waals surface area contributed by atoms with E-state index in [0.717, 1.165) is 34.6 Å². The first-order valence-electron chi connectivity index (χ1n) is 7.56. The average molecular weight is 350 g/mol. The molecule has 0 spiro atoms. The third-order valence-electron chi connectivity index (χ3n) is 4.48. The Kier molecular flexibility index (Phi) is 4.29. The van der Waals surface area contributed by atoms with E-state index in [1.54, 1.807) is 0 Å². The van der Waals surface area contributed by atoms with Crippen LogP contribution in [-0.4, -0.2) is 10.1 Å². The second-order valence-electron chi connectivity index (χ2n) is 5.82. The van der Waals surface area contributed by atoms with Gasteiger partial charge in [-0.25, -0.2) is 0 Å². The number of rotatable bonds is 3. The topological polar surface area (TPSA) is 64.9 Å². The monoisotopic (exact) mass is 349 g/mol. The molecule has 1 aromatic carbocycles. The Labute approximate surface area is 133 Å². The molecule has 4 nitrogen and oxygen atoms in total. The fraction of sp³-hybridized carbons (Fsp3) is 0.500. The van der Waals surface area contributed by atoms with Crippen molar-refractivity contribution >= 4 is 21.6 Å². The van der Waals surface area contributed by atoms with Gasteiger partial charge in [-0.2, -0.15) is 4.98 Å². The zero-order valence-electron chi connectivity index (χ0n) is 12.2. The van der Waals surface area contributed by atoms with Crippen molar-refractivity contribution in [1.82, 2.24) is 10.1 Å². The van der Waals surface area contributed by atoms with Crippen LogP contribution in [0.2, 0.25) is 0 Å². The van der Waals surface area contributed by atoms with Gasteiger partial charge in [0.1, 0.15) is 0 Å². The number of nitrogens with two attached hydrogens (primary N) is 1. The lowest BCUT2D eigenvalue weighted by Crippen LogP contribution is -2.13. The van der Waals surface area contributed by atoms with E-state index >= 15 is 0 Å². The SMILES string of the molecule is CCC1CCC(c2noc(-c3ccc(Br)cc3N)n2)CC1. The lowest BCUT2D eigenvalue weighted by atomic mass is 9.80. The van der Waals surface area contributed by atoms with Gasteiger partial charge in [-0.3, -0.25) is 0 Å². The van der Waals surface area contributed by atoms with Gasteiger partial charge in [-0.1, -0.05) is 34.4 Å². The molecule has 1 fully saturated rings. The predicted octanol–water partition coefficient (Wildman–Crippen LogP) is 4.77. The van der Waals surface area contributed by atoms with Crippen molar-refractivity contribution < 1.29 is 4.52 Å². The smallest absolute Gasteiger partial charge is 0.260 e. The number of anilines is 1. The van der Waals surface area contributed by atoms with Crippen molar-refractivity contribution in [1.29, 1.82) is 0 Å². The third kappa shape index (κ3) is 3.12. The van der Waals surface area contributed by atoms with Crippen molar-refractivity contribution in [2.45, 2.75) is 44.9 Å². The number of hydrogen-bond donors (Lipinski definition) is 1. The number of halogens is 1. The molecule has 2 aromatic rings. The number of hydrogen-bond acceptors (Lipinski definition) is 4. The van der Waals surface area contributed by atoms with Gasteiger partial charge in [0.15, 0.2) is 5.82 Å². The standard InChI is InChI=1S/C16H20BrN3O/c1-2-10-3-5-11(6-4-10)15-19-16(21-20-15)13-8-7-12(17)9-14(13)18/h7-11H,2-6,18H2,1H3. The van der Waals surface area contributed by atoms with Crippen LogP contribution in [0.4, 0.5) is 5.69 Å². The van der Waals surface area contributed by atoms with E-state index in [-0.39, 0.29) is 0 Å². The molecule has 0 unspecified atom stereocenters.